The van der Waals surface area contributed by atoms with Crippen molar-refractivity contribution in [3.8, 4) is 5.75 Å². The first kappa shape index (κ1) is 11.6. The van der Waals surface area contributed by atoms with Gasteiger partial charge in [-0.15, -0.1) is 0 Å². The highest BCUT2D eigenvalue weighted by molar-refractivity contribution is 6.42. The van der Waals surface area contributed by atoms with Crippen LogP contribution in [-0.2, 0) is 0 Å². The molecule has 0 aliphatic heterocycles. The SMILES string of the molecule is CC1C=CC(Oc2ccc(Cl)c(Cl)c2)=CC1. The van der Waals surface area contributed by atoms with E-state index in [0.717, 1.165) is 12.2 Å². The third kappa shape index (κ3) is 2.81. The minimum Gasteiger partial charge on any atom is -0.458 e. The average Bonchev–Trinajstić information content (AvgIpc) is 2.27. The van der Waals surface area contributed by atoms with Gasteiger partial charge in [-0.3, -0.25) is 0 Å². The first-order valence-electron chi connectivity index (χ1n) is 5.16. The first-order chi connectivity index (χ1) is 7.65. The molecule has 84 valence electrons. The van der Waals surface area contributed by atoms with Crippen LogP contribution in [-0.4, -0.2) is 0 Å². The largest absolute Gasteiger partial charge is 0.458 e. The third-order valence-corrected chi connectivity index (χ3v) is 3.15. The minimum atomic E-state index is 0.507. The van der Waals surface area contributed by atoms with Gasteiger partial charge in [-0.1, -0.05) is 36.2 Å². The van der Waals surface area contributed by atoms with Gasteiger partial charge in [-0.25, -0.2) is 0 Å². The van der Waals surface area contributed by atoms with E-state index in [1.807, 2.05) is 6.08 Å². The topological polar surface area (TPSA) is 9.23 Å². The summed E-state index contributed by atoms with van der Waals surface area (Å²) >= 11 is 11.7. The highest BCUT2D eigenvalue weighted by Crippen LogP contribution is 2.28. The number of rotatable bonds is 2. The number of hydrogen-bond acceptors (Lipinski definition) is 1. The van der Waals surface area contributed by atoms with Gasteiger partial charge in [0.25, 0.3) is 0 Å². The molecule has 3 heteroatoms. The zero-order valence-corrected chi connectivity index (χ0v) is 10.4. The fourth-order valence-electron chi connectivity index (χ4n) is 1.46. The van der Waals surface area contributed by atoms with Crippen LogP contribution in [0, 0.1) is 5.92 Å². The molecule has 16 heavy (non-hydrogen) atoms. The molecule has 1 aliphatic carbocycles. The first-order valence-corrected chi connectivity index (χ1v) is 5.92. The Kier molecular flexibility index (Phi) is 3.57. The fourth-order valence-corrected chi connectivity index (χ4v) is 1.75. The van der Waals surface area contributed by atoms with Crippen molar-refractivity contribution >= 4 is 23.2 Å². The van der Waals surface area contributed by atoms with E-state index in [4.69, 9.17) is 27.9 Å². The minimum absolute atomic E-state index is 0.507. The summed E-state index contributed by atoms with van der Waals surface area (Å²) in [6.07, 6.45) is 7.20. The van der Waals surface area contributed by atoms with Crippen molar-refractivity contribution in [2.45, 2.75) is 13.3 Å². The Balaban J connectivity index is 2.10. The molecule has 0 amide bonds. The molecule has 0 saturated heterocycles. The molecule has 0 spiro atoms. The van der Waals surface area contributed by atoms with E-state index in [1.165, 1.54) is 0 Å². The molecule has 1 aromatic carbocycles. The lowest BCUT2D eigenvalue weighted by Gasteiger charge is -2.13. The van der Waals surface area contributed by atoms with Crippen LogP contribution in [0.2, 0.25) is 10.0 Å². The van der Waals surface area contributed by atoms with Gasteiger partial charge in [-0.05, 0) is 36.6 Å². The molecule has 1 aliphatic rings. The lowest BCUT2D eigenvalue weighted by molar-refractivity contribution is 0.435. The maximum Gasteiger partial charge on any atom is 0.129 e. The van der Waals surface area contributed by atoms with E-state index < -0.39 is 0 Å². The van der Waals surface area contributed by atoms with Crippen LogP contribution in [0.15, 0.2) is 42.2 Å². The third-order valence-electron chi connectivity index (χ3n) is 2.41. The molecule has 0 bridgehead atoms. The molecule has 0 N–H and O–H groups in total. The van der Waals surface area contributed by atoms with Crippen molar-refractivity contribution < 1.29 is 4.74 Å². The van der Waals surface area contributed by atoms with Crippen molar-refractivity contribution in [1.29, 1.82) is 0 Å². The van der Waals surface area contributed by atoms with E-state index in [-0.39, 0.29) is 0 Å². The Bertz CT molecular complexity index is 449. The van der Waals surface area contributed by atoms with Crippen molar-refractivity contribution in [2.75, 3.05) is 0 Å². The summed E-state index contributed by atoms with van der Waals surface area (Å²) in [7, 11) is 0. The van der Waals surface area contributed by atoms with Gasteiger partial charge in [-0.2, -0.15) is 0 Å². The molecular formula is C13H12Cl2O. The lowest BCUT2D eigenvalue weighted by Crippen LogP contribution is -1.99. The maximum absolute atomic E-state index is 5.91. The van der Waals surface area contributed by atoms with Crippen molar-refractivity contribution in [3.05, 3.63) is 52.2 Å². The van der Waals surface area contributed by atoms with E-state index in [2.05, 4.69) is 19.1 Å². The van der Waals surface area contributed by atoms with Crippen LogP contribution in [0.25, 0.3) is 0 Å². The number of allylic oxidation sites excluding steroid dienone is 3. The smallest absolute Gasteiger partial charge is 0.129 e. The predicted octanol–water partition coefficient (Wildman–Crippen LogP) is 4.85. The van der Waals surface area contributed by atoms with Crippen LogP contribution in [0.3, 0.4) is 0 Å². The predicted molar refractivity (Wildman–Crippen MR) is 68.1 cm³/mol. The highest BCUT2D eigenvalue weighted by atomic mass is 35.5. The second-order valence-corrected chi connectivity index (χ2v) is 4.67. The molecule has 2 rings (SSSR count). The van der Waals surface area contributed by atoms with E-state index in [0.29, 0.717) is 21.7 Å². The van der Waals surface area contributed by atoms with E-state index in [9.17, 15) is 0 Å². The van der Waals surface area contributed by atoms with Gasteiger partial charge >= 0.3 is 0 Å². The molecule has 0 heterocycles. The summed E-state index contributed by atoms with van der Waals surface area (Å²) in [4.78, 5) is 0. The van der Waals surface area contributed by atoms with Crippen LogP contribution in [0.4, 0.5) is 0 Å². The van der Waals surface area contributed by atoms with E-state index in [1.54, 1.807) is 18.2 Å². The van der Waals surface area contributed by atoms with Crippen LogP contribution in [0.5, 0.6) is 5.75 Å². The molecule has 1 atom stereocenters. The second kappa shape index (κ2) is 4.94. The summed E-state index contributed by atoms with van der Waals surface area (Å²) in [6.45, 7) is 2.17. The molecule has 0 fully saturated rings. The Morgan fingerprint density at radius 3 is 2.69 bits per heavy atom. The molecule has 1 nitrogen and oxygen atoms in total. The summed E-state index contributed by atoms with van der Waals surface area (Å²) in [5, 5.41) is 1.05. The van der Waals surface area contributed by atoms with E-state index >= 15 is 0 Å². The fraction of sp³-hybridized carbons (Fsp3) is 0.231. The Hall–Kier alpha value is -0.920. The molecule has 0 saturated carbocycles. The van der Waals surface area contributed by atoms with Crippen LogP contribution < -0.4 is 4.74 Å². The number of hydrogen-bond donors (Lipinski definition) is 0. The van der Waals surface area contributed by atoms with Gasteiger partial charge < -0.3 is 4.74 Å². The standard InChI is InChI=1S/C13H12Cl2O/c1-9-2-4-10(5-3-9)16-11-6-7-12(14)13(15)8-11/h2,4-9H,3H2,1H3. The Morgan fingerprint density at radius 1 is 1.25 bits per heavy atom. The number of ether oxygens (including phenoxy) is 1. The quantitative estimate of drug-likeness (QED) is 0.733. The summed E-state index contributed by atoms with van der Waals surface area (Å²) in [6, 6.07) is 5.26. The van der Waals surface area contributed by atoms with Gasteiger partial charge in [0.2, 0.25) is 0 Å². The highest BCUT2D eigenvalue weighted by Gasteiger charge is 2.06. The summed E-state index contributed by atoms with van der Waals surface area (Å²) < 4.78 is 5.67. The lowest BCUT2D eigenvalue weighted by atomic mass is 10.0. The van der Waals surface area contributed by atoms with Crippen molar-refractivity contribution in [3.63, 3.8) is 0 Å². The number of halogens is 2. The second-order valence-electron chi connectivity index (χ2n) is 3.86. The monoisotopic (exact) mass is 254 g/mol. The maximum atomic E-state index is 5.91. The molecule has 0 aromatic heterocycles. The van der Waals surface area contributed by atoms with Crippen LogP contribution >= 0.6 is 23.2 Å². The van der Waals surface area contributed by atoms with Gasteiger partial charge in [0.15, 0.2) is 0 Å². The zero-order valence-electron chi connectivity index (χ0n) is 8.91. The van der Waals surface area contributed by atoms with Crippen LogP contribution in [0.1, 0.15) is 13.3 Å². The summed E-state index contributed by atoms with van der Waals surface area (Å²) in [5.41, 5.74) is 0. The normalized spacial score (nSPS) is 19.4. The van der Waals surface area contributed by atoms with Gasteiger partial charge in [0.05, 0.1) is 10.0 Å². The van der Waals surface area contributed by atoms with Crippen molar-refractivity contribution in [1.82, 2.24) is 0 Å². The Labute approximate surface area is 105 Å². The molecule has 1 aromatic rings. The summed E-state index contributed by atoms with van der Waals surface area (Å²) in [5.74, 6) is 2.15. The van der Waals surface area contributed by atoms with Gasteiger partial charge in [0, 0.05) is 6.07 Å². The average molecular weight is 255 g/mol. The number of benzene rings is 1. The zero-order chi connectivity index (χ0) is 11.5. The molecule has 0 radical (unpaired) electrons. The van der Waals surface area contributed by atoms with Gasteiger partial charge in [0.1, 0.15) is 11.5 Å². The molecule has 1 unspecified atom stereocenters. The molecular weight excluding hydrogens is 243 g/mol. The van der Waals surface area contributed by atoms with Crippen molar-refractivity contribution in [2.24, 2.45) is 5.92 Å². The Morgan fingerprint density at radius 2 is 2.06 bits per heavy atom.